The smallest absolute Gasteiger partial charge is 0.277 e. The molecule has 1 N–H and O–H groups in total. The minimum atomic E-state index is -0.358. The number of hydrogen-bond donors (Lipinski definition) is 1. The average molecular weight is 466 g/mol. The van der Waals surface area contributed by atoms with Gasteiger partial charge in [0.15, 0.2) is 18.1 Å². The van der Waals surface area contributed by atoms with Gasteiger partial charge in [0.2, 0.25) is 0 Å². The van der Waals surface area contributed by atoms with E-state index in [9.17, 15) is 4.79 Å². The van der Waals surface area contributed by atoms with Crippen LogP contribution in [0.4, 0.5) is 17.1 Å². The van der Waals surface area contributed by atoms with Crippen molar-refractivity contribution in [1.29, 1.82) is 0 Å². The highest BCUT2D eigenvalue weighted by molar-refractivity contribution is 5.84. The molecule has 4 aromatic carbocycles. The lowest BCUT2D eigenvalue weighted by Gasteiger charge is -2.25. The highest BCUT2D eigenvalue weighted by Gasteiger charge is 2.11. The summed E-state index contributed by atoms with van der Waals surface area (Å²) in [5.74, 6) is 0.764. The Bertz CT molecular complexity index is 1200. The van der Waals surface area contributed by atoms with E-state index >= 15 is 0 Å². The van der Waals surface area contributed by atoms with Crippen molar-refractivity contribution in [2.45, 2.75) is 6.92 Å². The lowest BCUT2D eigenvalue weighted by atomic mass is 10.1. The number of benzene rings is 4. The number of rotatable bonds is 10. The number of anilines is 3. The number of hydrazone groups is 1. The second kappa shape index (κ2) is 12.0. The fourth-order valence-electron chi connectivity index (χ4n) is 3.51. The van der Waals surface area contributed by atoms with E-state index in [1.165, 1.54) is 0 Å². The molecule has 1 amide bonds. The Morgan fingerprint density at radius 3 is 1.83 bits per heavy atom. The molecule has 0 saturated carbocycles. The van der Waals surface area contributed by atoms with Gasteiger partial charge in [-0.25, -0.2) is 5.43 Å². The summed E-state index contributed by atoms with van der Waals surface area (Å²) in [5.41, 5.74) is 6.51. The molecule has 0 bridgehead atoms. The highest BCUT2D eigenvalue weighted by atomic mass is 16.5. The zero-order valence-corrected chi connectivity index (χ0v) is 19.5. The maximum atomic E-state index is 12.1. The number of amides is 1. The number of nitrogens with zero attached hydrogens (tertiary/aromatic N) is 2. The molecule has 0 heterocycles. The predicted molar refractivity (Wildman–Crippen MR) is 140 cm³/mol. The van der Waals surface area contributed by atoms with Gasteiger partial charge in [-0.2, -0.15) is 5.10 Å². The molecule has 6 heteroatoms. The van der Waals surface area contributed by atoms with Crippen LogP contribution in [-0.4, -0.2) is 25.3 Å². The minimum absolute atomic E-state index is 0.163. The first-order valence-electron chi connectivity index (χ1n) is 11.4. The fourth-order valence-corrected chi connectivity index (χ4v) is 3.51. The Labute approximate surface area is 205 Å². The van der Waals surface area contributed by atoms with Crippen molar-refractivity contribution < 1.29 is 14.3 Å². The van der Waals surface area contributed by atoms with Crippen LogP contribution in [0.25, 0.3) is 0 Å². The van der Waals surface area contributed by atoms with Crippen molar-refractivity contribution >= 4 is 29.2 Å². The molecule has 0 saturated heterocycles. The van der Waals surface area contributed by atoms with Crippen LogP contribution in [0, 0.1) is 0 Å². The summed E-state index contributed by atoms with van der Waals surface area (Å²) in [5, 5.41) is 4.05. The van der Waals surface area contributed by atoms with Crippen LogP contribution in [-0.2, 0) is 4.79 Å². The molecular weight excluding hydrogens is 438 g/mol. The van der Waals surface area contributed by atoms with Gasteiger partial charge in [-0.05, 0) is 61.0 Å². The van der Waals surface area contributed by atoms with E-state index in [1.54, 1.807) is 18.3 Å². The van der Waals surface area contributed by atoms with Gasteiger partial charge < -0.3 is 14.4 Å². The Morgan fingerprint density at radius 1 is 0.743 bits per heavy atom. The summed E-state index contributed by atoms with van der Waals surface area (Å²) in [6.45, 7) is 2.25. The van der Waals surface area contributed by atoms with Gasteiger partial charge in [-0.3, -0.25) is 4.79 Å². The van der Waals surface area contributed by atoms with E-state index in [2.05, 4.69) is 39.7 Å². The van der Waals surface area contributed by atoms with Crippen LogP contribution in [0.5, 0.6) is 11.5 Å². The first-order chi connectivity index (χ1) is 17.2. The Hall–Kier alpha value is -4.58. The van der Waals surface area contributed by atoms with Gasteiger partial charge in [0.25, 0.3) is 5.91 Å². The minimum Gasteiger partial charge on any atom is -0.490 e. The summed E-state index contributed by atoms with van der Waals surface area (Å²) in [7, 11) is 0. The SMILES string of the molecule is CCOc1ccccc1OCC(=O)N/N=C\c1ccc(N(c2ccccc2)c2ccccc2)cc1. The van der Waals surface area contributed by atoms with Crippen molar-refractivity contribution in [3.63, 3.8) is 0 Å². The second-order valence-electron chi connectivity index (χ2n) is 7.56. The molecule has 0 spiro atoms. The van der Waals surface area contributed by atoms with Crippen molar-refractivity contribution in [2.75, 3.05) is 18.1 Å². The first-order valence-corrected chi connectivity index (χ1v) is 11.4. The number of hydrogen-bond acceptors (Lipinski definition) is 5. The summed E-state index contributed by atoms with van der Waals surface area (Å²) >= 11 is 0. The molecule has 0 aromatic heterocycles. The molecule has 4 rings (SSSR count). The highest BCUT2D eigenvalue weighted by Crippen LogP contribution is 2.33. The van der Waals surface area contributed by atoms with E-state index in [4.69, 9.17) is 9.47 Å². The summed E-state index contributed by atoms with van der Waals surface area (Å²) in [6.07, 6.45) is 1.60. The first kappa shape index (κ1) is 23.6. The molecule has 0 aliphatic carbocycles. The summed E-state index contributed by atoms with van der Waals surface area (Å²) in [4.78, 5) is 14.3. The maximum absolute atomic E-state index is 12.1. The van der Waals surface area contributed by atoms with Crippen LogP contribution >= 0.6 is 0 Å². The van der Waals surface area contributed by atoms with Gasteiger partial charge in [0.1, 0.15) is 0 Å². The van der Waals surface area contributed by atoms with E-state index in [0.717, 1.165) is 22.6 Å². The van der Waals surface area contributed by atoms with E-state index < -0.39 is 0 Å². The van der Waals surface area contributed by atoms with Crippen molar-refractivity contribution in [2.24, 2.45) is 5.10 Å². The standard InChI is InChI=1S/C29H27N3O3/c1-2-34-27-15-9-10-16-28(27)35-22-29(33)31-30-21-23-17-19-26(20-18-23)32(24-11-5-3-6-12-24)25-13-7-4-8-14-25/h3-21H,2,22H2,1H3,(H,31,33)/b30-21-. The third-order valence-corrected chi connectivity index (χ3v) is 5.09. The van der Waals surface area contributed by atoms with Crippen LogP contribution < -0.4 is 19.8 Å². The molecule has 0 aliphatic heterocycles. The van der Waals surface area contributed by atoms with Gasteiger partial charge >= 0.3 is 0 Å². The van der Waals surface area contributed by atoms with Crippen LogP contribution in [0.3, 0.4) is 0 Å². The number of para-hydroxylation sites is 4. The molecule has 176 valence electrons. The number of carbonyl (C=O) groups is 1. The van der Waals surface area contributed by atoms with Crippen LogP contribution in [0.2, 0.25) is 0 Å². The largest absolute Gasteiger partial charge is 0.490 e. The predicted octanol–water partition coefficient (Wildman–Crippen LogP) is 6.08. The molecule has 0 radical (unpaired) electrons. The Morgan fingerprint density at radius 2 is 1.26 bits per heavy atom. The topological polar surface area (TPSA) is 63.2 Å². The zero-order chi connectivity index (χ0) is 24.3. The normalized spacial score (nSPS) is 10.7. The molecule has 6 nitrogen and oxygen atoms in total. The van der Waals surface area contributed by atoms with Gasteiger partial charge in [0, 0.05) is 17.1 Å². The quantitative estimate of drug-likeness (QED) is 0.228. The average Bonchev–Trinajstić information content (AvgIpc) is 2.91. The fraction of sp³-hybridized carbons (Fsp3) is 0.103. The molecule has 4 aromatic rings. The van der Waals surface area contributed by atoms with Gasteiger partial charge in [-0.15, -0.1) is 0 Å². The number of carbonyl (C=O) groups excluding carboxylic acids is 1. The van der Waals surface area contributed by atoms with E-state index in [1.807, 2.05) is 79.7 Å². The van der Waals surface area contributed by atoms with Gasteiger partial charge in [-0.1, -0.05) is 60.7 Å². The van der Waals surface area contributed by atoms with E-state index in [-0.39, 0.29) is 12.5 Å². The summed E-state index contributed by atoms with van der Waals surface area (Å²) < 4.78 is 11.1. The van der Waals surface area contributed by atoms with Crippen molar-refractivity contribution in [3.8, 4) is 11.5 Å². The number of nitrogens with one attached hydrogen (secondary N) is 1. The van der Waals surface area contributed by atoms with E-state index in [0.29, 0.717) is 18.1 Å². The summed E-state index contributed by atoms with van der Waals surface area (Å²) in [6, 6.07) is 35.6. The van der Waals surface area contributed by atoms with Gasteiger partial charge in [0.05, 0.1) is 12.8 Å². The maximum Gasteiger partial charge on any atom is 0.277 e. The van der Waals surface area contributed by atoms with Crippen LogP contribution in [0.1, 0.15) is 12.5 Å². The monoisotopic (exact) mass is 465 g/mol. The Balaban J connectivity index is 1.38. The number of ether oxygens (including phenoxy) is 2. The Kier molecular flexibility index (Phi) is 8.11. The third kappa shape index (κ3) is 6.48. The zero-order valence-electron chi connectivity index (χ0n) is 19.5. The molecule has 0 aliphatic rings. The molecule has 0 unspecified atom stereocenters. The third-order valence-electron chi connectivity index (χ3n) is 5.09. The molecule has 35 heavy (non-hydrogen) atoms. The molecular formula is C29H27N3O3. The van der Waals surface area contributed by atoms with Crippen molar-refractivity contribution in [1.82, 2.24) is 5.43 Å². The van der Waals surface area contributed by atoms with Crippen LogP contribution in [0.15, 0.2) is 114 Å². The molecule has 0 fully saturated rings. The van der Waals surface area contributed by atoms with Crippen molar-refractivity contribution in [3.05, 3.63) is 115 Å². The second-order valence-corrected chi connectivity index (χ2v) is 7.56. The lowest BCUT2D eigenvalue weighted by molar-refractivity contribution is -0.123. The molecule has 0 atom stereocenters. The lowest BCUT2D eigenvalue weighted by Crippen LogP contribution is -2.24.